The molecule has 0 saturated heterocycles. The van der Waals surface area contributed by atoms with E-state index < -0.39 is 18.2 Å². The van der Waals surface area contributed by atoms with Crippen LogP contribution in [0.4, 0.5) is 0 Å². The number of hydrogen-bond donors (Lipinski definition) is 3. The molecule has 0 aromatic rings. The summed E-state index contributed by atoms with van der Waals surface area (Å²) in [6.07, 6.45) is 59.5. The van der Waals surface area contributed by atoms with Gasteiger partial charge in [-0.15, -0.1) is 0 Å². The van der Waals surface area contributed by atoms with Crippen LogP contribution >= 0.6 is 0 Å². The molecule has 0 bridgehead atoms. The predicted molar refractivity (Wildman–Crippen MR) is 273 cm³/mol. The fourth-order valence-electron chi connectivity index (χ4n) is 8.76. The van der Waals surface area contributed by atoms with Crippen molar-refractivity contribution in [3.05, 3.63) is 24.3 Å². The summed E-state index contributed by atoms with van der Waals surface area (Å²) < 4.78 is 5.96. The number of esters is 1. The monoisotopic (exact) mass is 888 g/mol. The normalized spacial score (nSPS) is 13.3. The van der Waals surface area contributed by atoms with Crippen LogP contribution in [0.3, 0.4) is 0 Å². The van der Waals surface area contributed by atoms with Crippen molar-refractivity contribution in [1.29, 1.82) is 0 Å². The van der Waals surface area contributed by atoms with E-state index in [0.717, 1.165) is 64.2 Å². The van der Waals surface area contributed by atoms with Crippen molar-refractivity contribution in [3.63, 3.8) is 0 Å². The van der Waals surface area contributed by atoms with Gasteiger partial charge < -0.3 is 20.3 Å². The molecule has 1 amide bonds. The van der Waals surface area contributed by atoms with Crippen LogP contribution in [-0.2, 0) is 14.3 Å². The van der Waals surface area contributed by atoms with Crippen molar-refractivity contribution in [2.45, 2.75) is 322 Å². The molecule has 6 heteroatoms. The van der Waals surface area contributed by atoms with Gasteiger partial charge >= 0.3 is 5.97 Å². The Balaban J connectivity index is 4.54. The minimum absolute atomic E-state index is 0.0779. The van der Waals surface area contributed by atoms with Crippen LogP contribution in [0.5, 0.6) is 0 Å². The summed E-state index contributed by atoms with van der Waals surface area (Å²) in [5, 5.41) is 23.8. The Morgan fingerprint density at radius 1 is 0.460 bits per heavy atom. The van der Waals surface area contributed by atoms with Crippen molar-refractivity contribution in [1.82, 2.24) is 5.32 Å². The third-order valence-corrected chi connectivity index (χ3v) is 13.0. The van der Waals surface area contributed by atoms with Crippen molar-refractivity contribution >= 4 is 11.9 Å². The van der Waals surface area contributed by atoms with E-state index in [0.29, 0.717) is 19.3 Å². The summed E-state index contributed by atoms with van der Waals surface area (Å²) in [5.41, 5.74) is 0. The fourth-order valence-corrected chi connectivity index (χ4v) is 8.76. The maximum atomic E-state index is 13.2. The van der Waals surface area contributed by atoms with Crippen molar-refractivity contribution < 1.29 is 24.5 Å². The number of carbonyl (C=O) groups is 2. The van der Waals surface area contributed by atoms with Crippen LogP contribution in [0.2, 0.25) is 0 Å². The van der Waals surface area contributed by atoms with Crippen LogP contribution in [-0.4, -0.2) is 46.9 Å². The number of carbonyl (C=O) groups excluding carboxylic acids is 2. The summed E-state index contributed by atoms with van der Waals surface area (Å²) in [6, 6.07) is -0.699. The first-order chi connectivity index (χ1) is 31.0. The molecule has 0 aromatic carbocycles. The highest BCUT2D eigenvalue weighted by Crippen LogP contribution is 2.19. The average Bonchev–Trinajstić information content (AvgIpc) is 3.28. The van der Waals surface area contributed by atoms with Gasteiger partial charge in [0.25, 0.3) is 0 Å². The first-order valence-corrected chi connectivity index (χ1v) is 28.1. The first kappa shape index (κ1) is 61.3. The lowest BCUT2D eigenvalue weighted by molar-refractivity contribution is -0.151. The van der Waals surface area contributed by atoms with E-state index in [-0.39, 0.29) is 24.9 Å². The number of aliphatic hydroxyl groups excluding tert-OH is 2. The third kappa shape index (κ3) is 46.7. The quantitative estimate of drug-likeness (QED) is 0.0321. The Hall–Kier alpha value is -1.66. The Morgan fingerprint density at radius 3 is 1.24 bits per heavy atom. The zero-order valence-corrected chi connectivity index (χ0v) is 42.5. The highest BCUT2D eigenvalue weighted by atomic mass is 16.5. The zero-order valence-electron chi connectivity index (χ0n) is 42.5. The van der Waals surface area contributed by atoms with Gasteiger partial charge in [0.05, 0.1) is 25.2 Å². The molecule has 0 radical (unpaired) electrons. The molecule has 0 heterocycles. The Bertz CT molecular complexity index is 997. The van der Waals surface area contributed by atoms with Crippen LogP contribution in [0.25, 0.3) is 0 Å². The molecule has 0 saturated carbocycles. The summed E-state index contributed by atoms with van der Waals surface area (Å²) in [6.45, 7) is 6.48. The number of hydrogen-bond acceptors (Lipinski definition) is 5. The van der Waals surface area contributed by atoms with Gasteiger partial charge in [0, 0.05) is 6.42 Å². The minimum atomic E-state index is -0.785. The maximum Gasteiger partial charge on any atom is 0.306 e. The van der Waals surface area contributed by atoms with Gasteiger partial charge in [-0.3, -0.25) is 9.59 Å². The Kier molecular flexibility index (Phi) is 50.0. The number of aliphatic hydroxyl groups is 2. The molecule has 3 N–H and O–H groups in total. The smallest absolute Gasteiger partial charge is 0.306 e. The maximum absolute atomic E-state index is 13.2. The van der Waals surface area contributed by atoms with E-state index in [1.54, 1.807) is 0 Å². The molecular formula is C57H109NO5. The second-order valence-electron chi connectivity index (χ2n) is 19.3. The lowest BCUT2D eigenvalue weighted by atomic mass is 10.0. The van der Waals surface area contributed by atoms with E-state index in [9.17, 15) is 19.8 Å². The Labute approximate surface area is 392 Å². The second-order valence-corrected chi connectivity index (χ2v) is 19.3. The molecular weight excluding hydrogens is 779 g/mol. The molecule has 0 spiro atoms. The lowest BCUT2D eigenvalue weighted by Gasteiger charge is -2.24. The number of rotatable bonds is 51. The standard InChI is InChI=1S/C57H109NO5/c1-4-7-10-13-16-19-22-24-26-28-29-31-34-36-39-42-45-48-53(63-57(62)50-47-44-41-38-35-32-30-27-25-23-20-17-14-11-8-5-2)51-56(61)58-54(52-59)55(60)49-46-43-40-37-33-21-18-15-12-9-6-3/h16,19,24,26,53-55,59-60H,4-15,17-18,20-23,25,27-52H2,1-3H3,(H,58,61)/b19-16-,26-24-. The number of allylic oxidation sites excluding steroid dienone is 4. The molecule has 0 rings (SSSR count). The summed E-state index contributed by atoms with van der Waals surface area (Å²) >= 11 is 0. The molecule has 3 unspecified atom stereocenters. The largest absolute Gasteiger partial charge is 0.462 e. The molecule has 0 aliphatic carbocycles. The SMILES string of the molecule is CCCCC/C=C\C/C=C\CCCCCCCCCC(CC(=O)NC(CO)C(O)CCCCCCCCCCCCC)OC(=O)CCCCCCCCCCCCCCCCCC. The van der Waals surface area contributed by atoms with Crippen LogP contribution in [0, 0.1) is 0 Å². The Morgan fingerprint density at radius 2 is 0.810 bits per heavy atom. The van der Waals surface area contributed by atoms with Gasteiger partial charge in [0.2, 0.25) is 5.91 Å². The molecule has 372 valence electrons. The summed E-state index contributed by atoms with van der Waals surface area (Å²) in [5.74, 6) is -0.463. The average molecular weight is 889 g/mol. The van der Waals surface area contributed by atoms with Gasteiger partial charge in [-0.05, 0) is 57.8 Å². The van der Waals surface area contributed by atoms with E-state index >= 15 is 0 Å². The summed E-state index contributed by atoms with van der Waals surface area (Å²) in [4.78, 5) is 26.2. The number of unbranched alkanes of at least 4 members (excludes halogenated alkanes) is 35. The lowest BCUT2D eigenvalue weighted by Crippen LogP contribution is -2.46. The van der Waals surface area contributed by atoms with E-state index in [1.165, 1.54) is 193 Å². The number of amides is 1. The van der Waals surface area contributed by atoms with Gasteiger partial charge in [-0.25, -0.2) is 0 Å². The third-order valence-electron chi connectivity index (χ3n) is 13.0. The van der Waals surface area contributed by atoms with E-state index in [1.807, 2.05) is 0 Å². The summed E-state index contributed by atoms with van der Waals surface area (Å²) in [7, 11) is 0. The number of ether oxygens (including phenoxy) is 1. The van der Waals surface area contributed by atoms with Crippen molar-refractivity contribution in [2.24, 2.45) is 0 Å². The van der Waals surface area contributed by atoms with E-state index in [4.69, 9.17) is 4.74 Å². The molecule has 0 fully saturated rings. The van der Waals surface area contributed by atoms with Gasteiger partial charge in [0.15, 0.2) is 0 Å². The van der Waals surface area contributed by atoms with Gasteiger partial charge in [0.1, 0.15) is 6.10 Å². The van der Waals surface area contributed by atoms with E-state index in [2.05, 4.69) is 50.4 Å². The van der Waals surface area contributed by atoms with Crippen LogP contribution in [0.1, 0.15) is 303 Å². The highest BCUT2D eigenvalue weighted by Gasteiger charge is 2.24. The highest BCUT2D eigenvalue weighted by molar-refractivity contribution is 5.77. The topological polar surface area (TPSA) is 95.9 Å². The van der Waals surface area contributed by atoms with Gasteiger partial charge in [-0.1, -0.05) is 257 Å². The fraction of sp³-hybridized carbons (Fsp3) is 0.895. The van der Waals surface area contributed by atoms with Crippen LogP contribution < -0.4 is 5.32 Å². The molecule has 0 aliphatic rings. The number of nitrogens with one attached hydrogen (secondary N) is 1. The predicted octanol–water partition coefficient (Wildman–Crippen LogP) is 17.1. The second kappa shape index (κ2) is 51.3. The van der Waals surface area contributed by atoms with Crippen molar-refractivity contribution in [2.75, 3.05) is 6.61 Å². The zero-order chi connectivity index (χ0) is 45.9. The molecule has 0 aromatic heterocycles. The molecule has 0 aliphatic heterocycles. The molecule has 3 atom stereocenters. The van der Waals surface area contributed by atoms with Crippen molar-refractivity contribution in [3.8, 4) is 0 Å². The van der Waals surface area contributed by atoms with Gasteiger partial charge in [-0.2, -0.15) is 0 Å². The first-order valence-electron chi connectivity index (χ1n) is 28.1. The molecule has 63 heavy (non-hydrogen) atoms. The van der Waals surface area contributed by atoms with Crippen LogP contribution in [0.15, 0.2) is 24.3 Å². The molecule has 6 nitrogen and oxygen atoms in total. The minimum Gasteiger partial charge on any atom is -0.462 e.